The van der Waals surface area contributed by atoms with Gasteiger partial charge in [0.2, 0.25) is 0 Å². The summed E-state index contributed by atoms with van der Waals surface area (Å²) in [5.74, 6) is 1.39. The topological polar surface area (TPSA) is 63.0 Å². The number of benzene rings is 1. The molecule has 0 bridgehead atoms. The fourth-order valence-electron chi connectivity index (χ4n) is 3.56. The van der Waals surface area contributed by atoms with Crippen molar-refractivity contribution in [3.63, 3.8) is 0 Å². The van der Waals surface area contributed by atoms with Gasteiger partial charge in [0.1, 0.15) is 18.0 Å². The molecule has 4 heterocycles. The molecule has 0 atom stereocenters. The lowest BCUT2D eigenvalue weighted by molar-refractivity contribution is 0.624. The van der Waals surface area contributed by atoms with E-state index in [1.165, 1.54) is 12.1 Å². The number of pyridine rings is 1. The highest BCUT2D eigenvalue weighted by Crippen LogP contribution is 2.26. The number of hydrogen-bond acceptors (Lipinski definition) is 6. The minimum Gasteiger partial charge on any atom is -0.368 e. The molecule has 28 heavy (non-hydrogen) atoms. The molecule has 0 amide bonds. The van der Waals surface area contributed by atoms with Gasteiger partial charge in [0, 0.05) is 38.1 Å². The highest BCUT2D eigenvalue weighted by atomic mass is 19.1. The quantitative estimate of drug-likeness (QED) is 0.549. The molecule has 7 nitrogen and oxygen atoms in total. The molecule has 0 spiro atoms. The van der Waals surface area contributed by atoms with Crippen LogP contribution in [-0.2, 0) is 0 Å². The molecule has 8 heteroatoms. The van der Waals surface area contributed by atoms with Crippen LogP contribution in [0.3, 0.4) is 0 Å². The van der Waals surface area contributed by atoms with E-state index in [0.29, 0.717) is 0 Å². The van der Waals surface area contributed by atoms with E-state index in [-0.39, 0.29) is 5.82 Å². The van der Waals surface area contributed by atoms with Crippen molar-refractivity contribution in [1.29, 1.82) is 0 Å². The van der Waals surface area contributed by atoms with Crippen molar-refractivity contribution in [2.24, 2.45) is 0 Å². The van der Waals surface area contributed by atoms with E-state index in [1.807, 2.05) is 30.3 Å². The van der Waals surface area contributed by atoms with Crippen molar-refractivity contribution in [1.82, 2.24) is 24.7 Å². The Morgan fingerprint density at radius 1 is 0.821 bits per heavy atom. The molecule has 0 saturated carbocycles. The third kappa shape index (κ3) is 2.92. The van der Waals surface area contributed by atoms with Crippen molar-refractivity contribution in [3.05, 3.63) is 67.0 Å². The van der Waals surface area contributed by atoms with E-state index in [1.54, 1.807) is 23.4 Å². The van der Waals surface area contributed by atoms with Crippen LogP contribution in [0.1, 0.15) is 0 Å². The van der Waals surface area contributed by atoms with Crippen LogP contribution in [0.4, 0.5) is 15.9 Å². The maximum atomic E-state index is 13.2. The third-order valence-corrected chi connectivity index (χ3v) is 4.98. The van der Waals surface area contributed by atoms with Crippen LogP contribution in [0.5, 0.6) is 0 Å². The van der Waals surface area contributed by atoms with Crippen LogP contribution in [0.2, 0.25) is 0 Å². The lowest BCUT2D eigenvalue weighted by Crippen LogP contribution is -2.46. The van der Waals surface area contributed by atoms with Crippen molar-refractivity contribution in [2.45, 2.75) is 0 Å². The second kappa shape index (κ2) is 6.88. The minimum atomic E-state index is -0.212. The van der Waals surface area contributed by atoms with E-state index in [4.69, 9.17) is 0 Å². The van der Waals surface area contributed by atoms with Gasteiger partial charge in [-0.15, -0.1) is 0 Å². The number of nitrogens with zero attached hydrogens (tertiary/aromatic N) is 7. The van der Waals surface area contributed by atoms with Gasteiger partial charge in [-0.05, 0) is 36.4 Å². The van der Waals surface area contributed by atoms with Gasteiger partial charge in [-0.1, -0.05) is 6.07 Å². The van der Waals surface area contributed by atoms with E-state index in [9.17, 15) is 4.39 Å². The van der Waals surface area contributed by atoms with E-state index in [2.05, 4.69) is 29.9 Å². The fraction of sp³-hybridized carbons (Fsp3) is 0.200. The van der Waals surface area contributed by atoms with Gasteiger partial charge in [-0.25, -0.2) is 19.3 Å². The maximum Gasteiger partial charge on any atom is 0.170 e. The molecule has 1 fully saturated rings. The van der Waals surface area contributed by atoms with Crippen LogP contribution in [0.15, 0.2) is 61.2 Å². The highest BCUT2D eigenvalue weighted by molar-refractivity contribution is 5.87. The normalized spacial score (nSPS) is 14.6. The second-order valence-electron chi connectivity index (χ2n) is 6.63. The van der Waals surface area contributed by atoms with Gasteiger partial charge >= 0.3 is 0 Å². The van der Waals surface area contributed by atoms with Gasteiger partial charge in [-0.2, -0.15) is 9.78 Å². The first-order chi connectivity index (χ1) is 13.8. The van der Waals surface area contributed by atoms with Crippen molar-refractivity contribution >= 4 is 22.5 Å². The van der Waals surface area contributed by atoms with Gasteiger partial charge in [0.15, 0.2) is 11.5 Å². The number of halogens is 1. The molecule has 4 aromatic rings. The monoisotopic (exact) mass is 375 g/mol. The largest absolute Gasteiger partial charge is 0.368 e. The SMILES string of the molecule is Fc1ccc(N2CCN(c3ncnc4c3cnn4-c3ccccn3)CC2)cc1. The Hall–Kier alpha value is -3.55. The van der Waals surface area contributed by atoms with Crippen LogP contribution in [0, 0.1) is 5.82 Å². The Kier molecular flexibility index (Phi) is 4.08. The smallest absolute Gasteiger partial charge is 0.170 e. The molecule has 0 unspecified atom stereocenters. The Morgan fingerprint density at radius 3 is 2.36 bits per heavy atom. The number of piperazine rings is 1. The number of fused-ring (bicyclic) bond motifs is 1. The zero-order valence-electron chi connectivity index (χ0n) is 15.1. The average Bonchev–Trinajstić information content (AvgIpc) is 3.19. The fourth-order valence-corrected chi connectivity index (χ4v) is 3.56. The molecule has 1 aliphatic heterocycles. The molecular formula is C20H18FN7. The lowest BCUT2D eigenvalue weighted by Gasteiger charge is -2.36. The molecule has 3 aromatic heterocycles. The first-order valence-corrected chi connectivity index (χ1v) is 9.15. The van der Waals surface area contributed by atoms with E-state index in [0.717, 1.165) is 54.5 Å². The molecule has 1 saturated heterocycles. The Balaban J connectivity index is 1.40. The van der Waals surface area contributed by atoms with E-state index >= 15 is 0 Å². The summed E-state index contributed by atoms with van der Waals surface area (Å²) in [6.45, 7) is 3.31. The first-order valence-electron chi connectivity index (χ1n) is 9.15. The summed E-state index contributed by atoms with van der Waals surface area (Å²) in [4.78, 5) is 17.8. The van der Waals surface area contributed by atoms with Crippen LogP contribution in [-0.4, -0.2) is 50.9 Å². The third-order valence-electron chi connectivity index (χ3n) is 4.98. The predicted molar refractivity (Wildman–Crippen MR) is 105 cm³/mol. The number of anilines is 2. The van der Waals surface area contributed by atoms with Crippen molar-refractivity contribution in [2.75, 3.05) is 36.0 Å². The first kappa shape index (κ1) is 16.6. The van der Waals surface area contributed by atoms with E-state index < -0.39 is 0 Å². The van der Waals surface area contributed by atoms with Crippen LogP contribution in [0.25, 0.3) is 16.9 Å². The summed E-state index contributed by atoms with van der Waals surface area (Å²) < 4.78 is 14.9. The van der Waals surface area contributed by atoms with Gasteiger partial charge in [0.05, 0.1) is 11.6 Å². The highest BCUT2D eigenvalue weighted by Gasteiger charge is 2.22. The van der Waals surface area contributed by atoms with Gasteiger partial charge in [-0.3, -0.25) is 0 Å². The Labute approximate surface area is 161 Å². The number of rotatable bonds is 3. The summed E-state index contributed by atoms with van der Waals surface area (Å²) in [5, 5.41) is 5.38. The summed E-state index contributed by atoms with van der Waals surface area (Å²) in [6, 6.07) is 12.3. The molecule has 1 aromatic carbocycles. The molecule has 0 radical (unpaired) electrons. The second-order valence-corrected chi connectivity index (χ2v) is 6.63. The van der Waals surface area contributed by atoms with Gasteiger partial charge in [0.25, 0.3) is 0 Å². The molecule has 140 valence electrons. The maximum absolute atomic E-state index is 13.2. The van der Waals surface area contributed by atoms with Crippen LogP contribution < -0.4 is 9.80 Å². The predicted octanol–water partition coefficient (Wildman–Crippen LogP) is 2.68. The summed E-state index contributed by atoms with van der Waals surface area (Å²) >= 11 is 0. The number of hydrogen-bond donors (Lipinski definition) is 0. The summed E-state index contributed by atoms with van der Waals surface area (Å²) in [5.41, 5.74) is 1.78. The standard InChI is InChI=1S/C20H18FN7/c21-15-4-6-16(7-5-15)26-9-11-27(12-10-26)19-17-13-25-28(20(17)24-14-23-19)18-3-1-2-8-22-18/h1-8,13-14H,9-12H2. The zero-order chi connectivity index (χ0) is 18.9. The number of aromatic nitrogens is 5. The van der Waals surface area contributed by atoms with Gasteiger partial charge < -0.3 is 9.80 Å². The summed E-state index contributed by atoms with van der Waals surface area (Å²) in [6.07, 6.45) is 5.11. The molecule has 1 aliphatic rings. The zero-order valence-corrected chi connectivity index (χ0v) is 15.1. The molecule has 5 rings (SSSR count). The van der Waals surface area contributed by atoms with Crippen molar-refractivity contribution in [3.8, 4) is 5.82 Å². The molecule has 0 N–H and O–H groups in total. The minimum absolute atomic E-state index is 0.212. The van der Waals surface area contributed by atoms with Crippen molar-refractivity contribution < 1.29 is 4.39 Å². The Bertz CT molecular complexity index is 1090. The average molecular weight is 375 g/mol. The molecule has 0 aliphatic carbocycles. The Morgan fingerprint density at radius 2 is 1.61 bits per heavy atom. The molecular weight excluding hydrogens is 357 g/mol. The van der Waals surface area contributed by atoms with Crippen LogP contribution >= 0.6 is 0 Å². The summed E-state index contributed by atoms with van der Waals surface area (Å²) in [7, 11) is 0. The lowest BCUT2D eigenvalue weighted by atomic mass is 10.2.